The van der Waals surface area contributed by atoms with Crippen LogP contribution in [-0.4, -0.2) is 25.6 Å². The molecule has 0 radical (unpaired) electrons. The number of aromatic carboxylic acids is 1. The normalized spacial score (nSPS) is 11.3. The van der Waals surface area contributed by atoms with Crippen LogP contribution in [0.2, 0.25) is 0 Å². The largest absolute Gasteiger partial charge is 0.478 e. The van der Waals surface area contributed by atoms with Crippen LogP contribution in [0.4, 0.5) is 0 Å². The molecule has 0 fully saturated rings. The van der Waals surface area contributed by atoms with Gasteiger partial charge in [0.05, 0.1) is 21.3 Å². The zero-order chi connectivity index (χ0) is 20.8. The summed E-state index contributed by atoms with van der Waals surface area (Å²) in [6.07, 6.45) is 5.27. The Kier molecular flexibility index (Phi) is 4.25. The molecule has 5 aromatic rings. The van der Waals surface area contributed by atoms with Crippen molar-refractivity contribution in [2.24, 2.45) is 7.05 Å². The number of thiophene rings is 1. The minimum Gasteiger partial charge on any atom is -0.478 e. The Labute approximate surface area is 176 Å². The quantitative estimate of drug-likeness (QED) is 0.410. The maximum atomic E-state index is 11.6. The van der Waals surface area contributed by atoms with Gasteiger partial charge in [0.1, 0.15) is 11.5 Å². The van der Waals surface area contributed by atoms with Crippen molar-refractivity contribution >= 4 is 38.4 Å². The Bertz CT molecular complexity index is 1420. The van der Waals surface area contributed by atoms with Gasteiger partial charge in [-0.3, -0.25) is 9.97 Å². The summed E-state index contributed by atoms with van der Waals surface area (Å²) in [5.41, 5.74) is 3.80. The minimum atomic E-state index is -0.926. The van der Waals surface area contributed by atoms with E-state index in [9.17, 15) is 9.90 Å². The summed E-state index contributed by atoms with van der Waals surface area (Å²) in [5.74, 6) is 0.435. The van der Waals surface area contributed by atoms with Crippen LogP contribution in [0.25, 0.3) is 31.6 Å². The standard InChI is InChI=1S/C23H17N3O3S/c1-13-21(23(27)28)16-4-3-15(11-18(16)26(13)2)29-19-7-10-25-17-12-20(30-22(17)19)14-5-8-24-9-6-14/h3-12H,1-2H3,(H,27,28). The van der Waals surface area contributed by atoms with Crippen molar-refractivity contribution in [2.75, 3.05) is 0 Å². The first-order valence-electron chi connectivity index (χ1n) is 9.32. The third kappa shape index (κ3) is 2.91. The number of carbonyl (C=O) groups is 1. The topological polar surface area (TPSA) is 77.2 Å². The van der Waals surface area contributed by atoms with E-state index in [2.05, 4.69) is 9.97 Å². The summed E-state index contributed by atoms with van der Waals surface area (Å²) >= 11 is 1.62. The smallest absolute Gasteiger partial charge is 0.338 e. The molecule has 6 nitrogen and oxygen atoms in total. The molecule has 4 aromatic heterocycles. The molecular weight excluding hydrogens is 398 g/mol. The van der Waals surface area contributed by atoms with Crippen molar-refractivity contribution in [3.63, 3.8) is 0 Å². The van der Waals surface area contributed by atoms with Gasteiger partial charge in [-0.25, -0.2) is 4.79 Å². The van der Waals surface area contributed by atoms with Crippen molar-refractivity contribution in [3.8, 4) is 21.9 Å². The highest BCUT2D eigenvalue weighted by molar-refractivity contribution is 7.22. The average Bonchev–Trinajstić information content (AvgIpc) is 3.29. The molecule has 0 saturated carbocycles. The van der Waals surface area contributed by atoms with E-state index < -0.39 is 5.97 Å². The number of aromatic nitrogens is 3. The number of aryl methyl sites for hydroxylation is 1. The summed E-state index contributed by atoms with van der Waals surface area (Å²) in [5, 5.41) is 10.2. The lowest BCUT2D eigenvalue weighted by atomic mass is 10.1. The number of hydrogen-bond donors (Lipinski definition) is 1. The van der Waals surface area contributed by atoms with Crippen molar-refractivity contribution in [1.29, 1.82) is 0 Å². The molecule has 0 unspecified atom stereocenters. The van der Waals surface area contributed by atoms with Gasteiger partial charge in [-0.05, 0) is 42.8 Å². The van der Waals surface area contributed by atoms with Crippen LogP contribution in [-0.2, 0) is 7.05 Å². The molecule has 0 aliphatic carbocycles. The lowest BCUT2D eigenvalue weighted by Gasteiger charge is -2.07. The predicted octanol–water partition coefficient (Wildman–Crippen LogP) is 5.65. The van der Waals surface area contributed by atoms with Crippen LogP contribution in [0, 0.1) is 6.92 Å². The molecule has 0 aliphatic rings. The Morgan fingerprint density at radius 3 is 2.67 bits per heavy atom. The molecule has 0 saturated heterocycles. The third-order valence-electron chi connectivity index (χ3n) is 5.25. The molecule has 0 spiro atoms. The first-order chi connectivity index (χ1) is 14.5. The zero-order valence-corrected chi connectivity index (χ0v) is 17.1. The van der Waals surface area contributed by atoms with E-state index >= 15 is 0 Å². The van der Waals surface area contributed by atoms with Crippen LogP contribution in [0.15, 0.2) is 61.1 Å². The van der Waals surface area contributed by atoms with E-state index in [0.717, 1.165) is 26.2 Å². The number of benzene rings is 1. The fourth-order valence-corrected chi connectivity index (χ4v) is 4.73. The molecule has 1 aromatic carbocycles. The van der Waals surface area contributed by atoms with E-state index in [1.807, 2.05) is 48.9 Å². The number of rotatable bonds is 4. The van der Waals surface area contributed by atoms with E-state index in [1.165, 1.54) is 0 Å². The molecule has 148 valence electrons. The highest BCUT2D eigenvalue weighted by atomic mass is 32.1. The Morgan fingerprint density at radius 2 is 1.90 bits per heavy atom. The van der Waals surface area contributed by atoms with Crippen LogP contribution >= 0.6 is 11.3 Å². The maximum Gasteiger partial charge on any atom is 0.338 e. The monoisotopic (exact) mass is 415 g/mol. The number of ether oxygens (including phenoxy) is 1. The van der Waals surface area contributed by atoms with Crippen LogP contribution in [0.1, 0.15) is 16.1 Å². The van der Waals surface area contributed by atoms with Crippen molar-refractivity contribution in [1.82, 2.24) is 14.5 Å². The Balaban J connectivity index is 1.57. The van der Waals surface area contributed by atoms with Crippen molar-refractivity contribution in [3.05, 3.63) is 72.3 Å². The fourth-order valence-electron chi connectivity index (χ4n) is 3.66. The molecule has 0 aliphatic heterocycles. The second-order valence-corrected chi connectivity index (χ2v) is 8.03. The van der Waals surface area contributed by atoms with Crippen LogP contribution < -0.4 is 4.74 Å². The summed E-state index contributed by atoms with van der Waals surface area (Å²) in [4.78, 5) is 21.3. The summed E-state index contributed by atoms with van der Waals surface area (Å²) in [7, 11) is 1.86. The SMILES string of the molecule is Cc1c(C(=O)O)c2ccc(Oc3ccnc4cc(-c5ccncc5)sc34)cc2n1C. The van der Waals surface area contributed by atoms with Gasteiger partial charge in [0.2, 0.25) is 0 Å². The van der Waals surface area contributed by atoms with Gasteiger partial charge in [0.15, 0.2) is 0 Å². The zero-order valence-electron chi connectivity index (χ0n) is 16.3. The van der Waals surface area contributed by atoms with Gasteiger partial charge in [0, 0.05) is 53.7 Å². The first-order valence-corrected chi connectivity index (χ1v) is 10.1. The van der Waals surface area contributed by atoms with E-state index in [0.29, 0.717) is 28.1 Å². The molecule has 0 bridgehead atoms. The van der Waals surface area contributed by atoms with Crippen LogP contribution in [0.3, 0.4) is 0 Å². The van der Waals surface area contributed by atoms with E-state index in [4.69, 9.17) is 4.74 Å². The molecule has 5 rings (SSSR count). The number of carboxylic acid groups (broad SMARTS) is 1. The second-order valence-electron chi connectivity index (χ2n) is 6.98. The summed E-state index contributed by atoms with van der Waals surface area (Å²) < 4.78 is 9.04. The highest BCUT2D eigenvalue weighted by Gasteiger charge is 2.18. The maximum absolute atomic E-state index is 11.6. The molecule has 30 heavy (non-hydrogen) atoms. The molecule has 4 heterocycles. The Hall–Kier alpha value is -3.71. The molecule has 0 amide bonds. The molecule has 0 atom stereocenters. The number of hydrogen-bond acceptors (Lipinski definition) is 5. The number of nitrogens with zero attached hydrogens (tertiary/aromatic N) is 3. The molecule has 7 heteroatoms. The number of pyridine rings is 2. The Morgan fingerprint density at radius 1 is 1.10 bits per heavy atom. The van der Waals surface area contributed by atoms with Gasteiger partial charge >= 0.3 is 5.97 Å². The lowest BCUT2D eigenvalue weighted by Crippen LogP contribution is -1.99. The molecular formula is C23H17N3O3S. The second kappa shape index (κ2) is 6.96. The lowest BCUT2D eigenvalue weighted by molar-refractivity contribution is 0.0698. The summed E-state index contributed by atoms with van der Waals surface area (Å²) in [6, 6.07) is 13.3. The van der Waals surface area contributed by atoms with Gasteiger partial charge in [-0.2, -0.15) is 0 Å². The first kappa shape index (κ1) is 18.3. The third-order valence-corrected chi connectivity index (χ3v) is 6.44. The number of carboxylic acids is 1. The summed E-state index contributed by atoms with van der Waals surface area (Å²) in [6.45, 7) is 1.81. The average molecular weight is 415 g/mol. The minimum absolute atomic E-state index is 0.325. The van der Waals surface area contributed by atoms with E-state index in [1.54, 1.807) is 42.1 Å². The van der Waals surface area contributed by atoms with Crippen molar-refractivity contribution in [2.45, 2.75) is 6.92 Å². The predicted molar refractivity (Wildman–Crippen MR) is 118 cm³/mol. The van der Waals surface area contributed by atoms with Gasteiger partial charge in [-0.15, -0.1) is 11.3 Å². The fraction of sp³-hybridized carbons (Fsp3) is 0.0870. The highest BCUT2D eigenvalue weighted by Crippen LogP contribution is 2.39. The van der Waals surface area contributed by atoms with Crippen LogP contribution in [0.5, 0.6) is 11.5 Å². The molecule has 1 N–H and O–H groups in total. The van der Waals surface area contributed by atoms with E-state index in [-0.39, 0.29) is 0 Å². The number of fused-ring (bicyclic) bond motifs is 2. The van der Waals surface area contributed by atoms with Gasteiger partial charge in [0.25, 0.3) is 0 Å². The van der Waals surface area contributed by atoms with Gasteiger partial charge < -0.3 is 14.4 Å². The van der Waals surface area contributed by atoms with Crippen molar-refractivity contribution < 1.29 is 14.6 Å². The van der Waals surface area contributed by atoms with Gasteiger partial charge in [-0.1, -0.05) is 0 Å².